The third-order valence-electron chi connectivity index (χ3n) is 4.27. The lowest BCUT2D eigenvalue weighted by Gasteiger charge is -2.26. The minimum atomic E-state index is -0.0831. The maximum absolute atomic E-state index is 12.4. The van der Waals surface area contributed by atoms with Gasteiger partial charge in [-0.2, -0.15) is 0 Å². The van der Waals surface area contributed by atoms with E-state index in [2.05, 4.69) is 20.4 Å². The van der Waals surface area contributed by atoms with E-state index in [-0.39, 0.29) is 17.1 Å². The average Bonchev–Trinajstić information content (AvgIpc) is 2.48. The average molecular weight is 342 g/mol. The van der Waals surface area contributed by atoms with Crippen LogP contribution in [0.1, 0.15) is 42.2 Å². The van der Waals surface area contributed by atoms with Crippen molar-refractivity contribution in [2.24, 2.45) is 5.92 Å². The van der Waals surface area contributed by atoms with E-state index in [4.69, 9.17) is 4.42 Å². The van der Waals surface area contributed by atoms with Crippen molar-refractivity contribution in [3.05, 3.63) is 63.5 Å². The van der Waals surface area contributed by atoms with E-state index >= 15 is 0 Å². The van der Waals surface area contributed by atoms with Gasteiger partial charge < -0.3 is 9.52 Å². The molecule has 4 heteroatoms. The van der Waals surface area contributed by atoms with Crippen molar-refractivity contribution in [2.75, 3.05) is 5.75 Å². The number of phenolic OH excluding ortho intramolecular Hbond substituents is 1. The molecule has 0 bridgehead atoms. The number of hydrogen-bond acceptors (Lipinski definition) is 4. The molecule has 0 saturated carbocycles. The molecule has 0 radical (unpaired) electrons. The number of phenols is 1. The molecule has 1 atom stereocenters. The zero-order valence-electron chi connectivity index (χ0n) is 14.3. The van der Waals surface area contributed by atoms with Crippen LogP contribution in [0.5, 0.6) is 5.75 Å². The van der Waals surface area contributed by atoms with Crippen molar-refractivity contribution in [1.29, 1.82) is 0 Å². The zero-order valence-corrected chi connectivity index (χ0v) is 15.1. The number of allylic oxidation sites excluding steroid dienone is 1. The van der Waals surface area contributed by atoms with Crippen LogP contribution in [0.15, 0.2) is 45.1 Å². The first kappa shape index (κ1) is 16.9. The molecule has 126 valence electrons. The molecule has 1 aliphatic rings. The van der Waals surface area contributed by atoms with Crippen LogP contribution in [0.2, 0.25) is 0 Å². The molecule has 24 heavy (non-hydrogen) atoms. The van der Waals surface area contributed by atoms with Gasteiger partial charge in [0, 0.05) is 23.3 Å². The molecular formula is C20H22O3S. The maximum Gasteiger partial charge on any atom is 0.193 e. The van der Waals surface area contributed by atoms with E-state index in [9.17, 15) is 9.90 Å². The second-order valence-electron chi connectivity index (χ2n) is 6.76. The molecule has 0 fully saturated rings. The summed E-state index contributed by atoms with van der Waals surface area (Å²) in [5, 5.41) is 11.0. The number of aryl methyl sites for hydroxylation is 1. The molecule has 0 spiro atoms. The number of aromatic hydroxyl groups is 1. The Bertz CT molecular complexity index is 848. The van der Waals surface area contributed by atoms with Crippen LogP contribution in [0, 0.1) is 12.8 Å². The minimum absolute atomic E-state index is 0.0613. The highest BCUT2D eigenvalue weighted by atomic mass is 32.2. The third-order valence-corrected chi connectivity index (χ3v) is 5.32. The summed E-state index contributed by atoms with van der Waals surface area (Å²) in [6.45, 7) is 10.3. The van der Waals surface area contributed by atoms with Gasteiger partial charge in [0.1, 0.15) is 11.5 Å². The van der Waals surface area contributed by atoms with Crippen molar-refractivity contribution >= 4 is 17.3 Å². The predicted molar refractivity (Wildman–Crippen MR) is 98.9 cm³/mol. The van der Waals surface area contributed by atoms with E-state index < -0.39 is 0 Å². The van der Waals surface area contributed by atoms with E-state index in [1.807, 2.05) is 12.1 Å². The Hall–Kier alpha value is -1.94. The lowest BCUT2D eigenvalue weighted by atomic mass is 9.87. The quantitative estimate of drug-likeness (QED) is 0.874. The van der Waals surface area contributed by atoms with E-state index in [1.165, 1.54) is 23.4 Å². The van der Waals surface area contributed by atoms with Crippen molar-refractivity contribution in [3.8, 4) is 5.75 Å². The number of benzene rings is 1. The number of hydrogen-bond donors (Lipinski definition) is 1. The lowest BCUT2D eigenvalue weighted by molar-refractivity contribution is 0.421. The molecule has 1 aromatic heterocycles. The number of fused-ring (bicyclic) bond motifs is 1. The normalized spacial score (nSPS) is 17.2. The first-order valence-corrected chi connectivity index (χ1v) is 9.14. The Balaban J connectivity index is 2.02. The van der Waals surface area contributed by atoms with Gasteiger partial charge in [-0.3, -0.25) is 4.79 Å². The Labute approximate surface area is 146 Å². The Kier molecular flexibility index (Phi) is 4.59. The lowest BCUT2D eigenvalue weighted by Crippen LogP contribution is -2.18. The van der Waals surface area contributed by atoms with Gasteiger partial charge in [-0.15, -0.1) is 0 Å². The molecule has 1 N–H and O–H groups in total. The minimum Gasteiger partial charge on any atom is -0.508 e. The molecule has 0 aliphatic carbocycles. The van der Waals surface area contributed by atoms with Gasteiger partial charge in [0.05, 0.1) is 5.56 Å². The fraction of sp³-hybridized carbons (Fsp3) is 0.350. The van der Waals surface area contributed by atoms with Crippen LogP contribution in [-0.2, 0) is 6.42 Å². The van der Waals surface area contributed by atoms with Crippen LogP contribution in [0.4, 0.5) is 0 Å². The van der Waals surface area contributed by atoms with Gasteiger partial charge >= 0.3 is 0 Å². The van der Waals surface area contributed by atoms with Gasteiger partial charge in [0.2, 0.25) is 0 Å². The first-order valence-electron chi connectivity index (χ1n) is 8.15. The highest BCUT2D eigenvalue weighted by Gasteiger charge is 2.30. The van der Waals surface area contributed by atoms with Crippen LogP contribution >= 0.6 is 11.8 Å². The molecule has 1 unspecified atom stereocenters. The number of thioether (sulfide) groups is 1. The maximum atomic E-state index is 12.4. The van der Waals surface area contributed by atoms with Crippen molar-refractivity contribution in [3.63, 3.8) is 0 Å². The van der Waals surface area contributed by atoms with Crippen LogP contribution in [-0.4, -0.2) is 10.9 Å². The van der Waals surface area contributed by atoms with E-state index in [0.29, 0.717) is 28.1 Å². The van der Waals surface area contributed by atoms with Crippen molar-refractivity contribution in [2.45, 2.75) is 38.2 Å². The largest absolute Gasteiger partial charge is 0.508 e. The van der Waals surface area contributed by atoms with Crippen molar-refractivity contribution < 1.29 is 9.52 Å². The summed E-state index contributed by atoms with van der Waals surface area (Å²) in [5.41, 5.74) is 3.26. The summed E-state index contributed by atoms with van der Waals surface area (Å²) in [4.78, 5) is 12.4. The first-order chi connectivity index (χ1) is 11.4. The SMILES string of the molecule is C=C1c2c(oc(C)cc2=O)SCC1c1cc(CC(C)C)ccc1O. The molecule has 1 aliphatic heterocycles. The van der Waals surface area contributed by atoms with Gasteiger partial charge in [-0.25, -0.2) is 0 Å². The van der Waals surface area contributed by atoms with Gasteiger partial charge in [-0.1, -0.05) is 44.3 Å². The molecule has 1 aromatic carbocycles. The van der Waals surface area contributed by atoms with E-state index in [1.54, 1.807) is 13.0 Å². The summed E-state index contributed by atoms with van der Waals surface area (Å²) >= 11 is 1.51. The fourth-order valence-corrected chi connectivity index (χ4v) is 4.43. The summed E-state index contributed by atoms with van der Waals surface area (Å²) in [6, 6.07) is 7.26. The van der Waals surface area contributed by atoms with Gasteiger partial charge in [0.15, 0.2) is 10.5 Å². The topological polar surface area (TPSA) is 50.4 Å². The third kappa shape index (κ3) is 3.16. The fourth-order valence-electron chi connectivity index (χ4n) is 3.17. The Morgan fingerprint density at radius 2 is 2.12 bits per heavy atom. The van der Waals surface area contributed by atoms with Crippen molar-refractivity contribution in [1.82, 2.24) is 0 Å². The molecule has 2 aromatic rings. The summed E-state index contributed by atoms with van der Waals surface area (Å²) in [7, 11) is 0. The smallest absolute Gasteiger partial charge is 0.193 e. The molecule has 3 nitrogen and oxygen atoms in total. The highest BCUT2D eigenvalue weighted by Crippen LogP contribution is 2.45. The Morgan fingerprint density at radius 1 is 1.38 bits per heavy atom. The standard InChI is InChI=1S/C20H22O3S/c1-11(2)7-14-5-6-17(21)15(9-14)16-10-24-20-19(13(16)4)18(22)8-12(3)23-20/h5-6,8-9,11,16,21H,4,7,10H2,1-3H3. The molecule has 3 rings (SSSR count). The van der Waals surface area contributed by atoms with E-state index in [0.717, 1.165) is 17.6 Å². The summed E-state index contributed by atoms with van der Waals surface area (Å²) in [6.07, 6.45) is 0.956. The molecule has 0 saturated heterocycles. The molecule has 0 amide bonds. The second kappa shape index (κ2) is 6.52. The summed E-state index contributed by atoms with van der Waals surface area (Å²) in [5.74, 6) is 2.03. The van der Waals surface area contributed by atoms with Gasteiger partial charge in [-0.05, 0) is 36.5 Å². The molecule has 2 heterocycles. The Morgan fingerprint density at radius 3 is 2.83 bits per heavy atom. The molecular weight excluding hydrogens is 320 g/mol. The highest BCUT2D eigenvalue weighted by molar-refractivity contribution is 7.99. The van der Waals surface area contributed by atoms with Crippen LogP contribution < -0.4 is 5.43 Å². The second-order valence-corrected chi connectivity index (χ2v) is 7.76. The van der Waals surface area contributed by atoms with Gasteiger partial charge in [0.25, 0.3) is 0 Å². The monoisotopic (exact) mass is 342 g/mol. The van der Waals surface area contributed by atoms with Crippen LogP contribution in [0.3, 0.4) is 0 Å². The van der Waals surface area contributed by atoms with Crippen LogP contribution in [0.25, 0.3) is 5.57 Å². The number of rotatable bonds is 3. The zero-order chi connectivity index (χ0) is 17.4. The predicted octanol–water partition coefficient (Wildman–Crippen LogP) is 4.76. The summed E-state index contributed by atoms with van der Waals surface area (Å²) < 4.78 is 5.68.